The fourth-order valence-corrected chi connectivity index (χ4v) is 5.56. The van der Waals surface area contributed by atoms with Crippen LogP contribution < -0.4 is 11.2 Å². The van der Waals surface area contributed by atoms with Crippen LogP contribution in [0.25, 0.3) is 0 Å². The van der Waals surface area contributed by atoms with Gasteiger partial charge in [0.2, 0.25) is 0 Å². The molecule has 0 saturated carbocycles. The summed E-state index contributed by atoms with van der Waals surface area (Å²) in [5.41, 5.74) is -3.49. The van der Waals surface area contributed by atoms with Crippen molar-refractivity contribution in [1.29, 1.82) is 0 Å². The van der Waals surface area contributed by atoms with E-state index in [0.717, 1.165) is 30.9 Å². The third kappa shape index (κ3) is 5.56. The molecule has 0 aliphatic carbocycles. The molecule has 36 heavy (non-hydrogen) atoms. The second-order valence-electron chi connectivity index (χ2n) is 8.20. The Morgan fingerprint density at radius 3 is 2.83 bits per heavy atom. The highest BCUT2D eigenvalue weighted by Gasteiger charge is 2.59. The summed E-state index contributed by atoms with van der Waals surface area (Å²) in [5.74, 6) is 0. The first-order valence-electron chi connectivity index (χ1n) is 10.8. The Kier molecular flexibility index (Phi) is 7.69. The molecule has 2 saturated heterocycles. The maximum atomic E-state index is 15.9. The number of benzene rings is 1. The lowest BCUT2D eigenvalue weighted by Crippen LogP contribution is -2.46. The molecule has 1 aromatic heterocycles. The van der Waals surface area contributed by atoms with Gasteiger partial charge in [-0.05, 0) is 24.6 Å². The number of alkyl halides is 1. The molecule has 12 nitrogen and oxygen atoms in total. The number of phosphoric ester groups is 1. The van der Waals surface area contributed by atoms with E-state index in [1.165, 1.54) is 0 Å². The van der Waals surface area contributed by atoms with Crippen LogP contribution in [0.1, 0.15) is 31.2 Å². The highest BCUT2D eigenvalue weighted by Crippen LogP contribution is 2.57. The summed E-state index contributed by atoms with van der Waals surface area (Å²) in [7, 11) is -3.12. The molecule has 2 aliphatic heterocycles. The highest BCUT2D eigenvalue weighted by molar-refractivity contribution is 7.48. The fraction of sp³-hybridized carbons (Fsp3) is 0.476. The molecule has 196 valence electrons. The van der Waals surface area contributed by atoms with E-state index in [0.29, 0.717) is 17.0 Å². The van der Waals surface area contributed by atoms with Gasteiger partial charge in [-0.25, -0.2) is 18.5 Å². The first-order chi connectivity index (χ1) is 17.0. The predicted octanol–water partition coefficient (Wildman–Crippen LogP) is 3.27. The van der Waals surface area contributed by atoms with Crippen LogP contribution in [0.3, 0.4) is 0 Å². The molecular weight excluding hydrogens is 526 g/mol. The molecule has 0 spiro atoms. The summed E-state index contributed by atoms with van der Waals surface area (Å²) in [6.07, 6.45) is -5.12. The van der Waals surface area contributed by atoms with Crippen LogP contribution >= 0.6 is 19.4 Å². The summed E-state index contributed by atoms with van der Waals surface area (Å²) >= 11 is 6.03. The number of aromatic amines is 1. The maximum Gasteiger partial charge on any atom is 0.508 e. The number of H-pyrrole nitrogens is 1. The standard InChI is InChI=1S/C21H23ClFN2O10P/c1-21(23)17(34-20(28)30-2)15(33-18(21)25-8-6-16(26)24-19(25)27)11-32-36(29)31-9-7-14(35-36)12-4-3-5-13(22)10-12/h3-6,8,10,14-15,17-18H,7,9,11H2,1-2H3,(H,24,26,27)/t14-,15+,17+,18+,21+,36?/m0/s1. The Hall–Kier alpha value is -2.54. The minimum atomic E-state index is -4.15. The molecule has 1 aromatic carbocycles. The van der Waals surface area contributed by atoms with Crippen molar-refractivity contribution >= 4 is 25.6 Å². The largest absolute Gasteiger partial charge is 0.508 e. The average molecular weight is 549 g/mol. The van der Waals surface area contributed by atoms with E-state index in [1.54, 1.807) is 24.3 Å². The maximum absolute atomic E-state index is 15.9. The van der Waals surface area contributed by atoms with E-state index in [4.69, 9.17) is 34.6 Å². The van der Waals surface area contributed by atoms with Gasteiger partial charge >= 0.3 is 19.7 Å². The normalized spacial score (nSPS) is 32.2. The zero-order valence-electron chi connectivity index (χ0n) is 19.1. The lowest BCUT2D eigenvalue weighted by atomic mass is 9.98. The first kappa shape index (κ1) is 26.5. The molecule has 4 rings (SSSR count). The van der Waals surface area contributed by atoms with E-state index in [1.807, 2.05) is 4.98 Å². The Bertz CT molecular complexity index is 1280. The molecule has 0 amide bonds. The summed E-state index contributed by atoms with van der Waals surface area (Å²) < 4.78 is 61.3. The van der Waals surface area contributed by atoms with Crippen molar-refractivity contribution < 1.29 is 41.5 Å². The van der Waals surface area contributed by atoms with E-state index in [2.05, 4.69) is 4.74 Å². The highest BCUT2D eigenvalue weighted by atomic mass is 35.5. The van der Waals surface area contributed by atoms with Gasteiger partial charge in [-0.2, -0.15) is 0 Å². The minimum absolute atomic E-state index is 0.0400. The molecule has 2 aliphatic rings. The zero-order chi connectivity index (χ0) is 26.1. The number of nitrogens with zero attached hydrogens (tertiary/aromatic N) is 1. The lowest BCUT2D eigenvalue weighted by Gasteiger charge is -2.30. The minimum Gasteiger partial charge on any atom is -0.438 e. The monoisotopic (exact) mass is 548 g/mol. The van der Waals surface area contributed by atoms with Crippen LogP contribution in [0.4, 0.5) is 9.18 Å². The fourth-order valence-electron chi connectivity index (χ4n) is 3.97. The number of aromatic nitrogens is 2. The average Bonchev–Trinajstić information content (AvgIpc) is 3.07. The van der Waals surface area contributed by atoms with E-state index in [9.17, 15) is 18.9 Å². The number of hydrogen-bond donors (Lipinski definition) is 1. The van der Waals surface area contributed by atoms with Gasteiger partial charge in [0.1, 0.15) is 6.10 Å². The van der Waals surface area contributed by atoms with E-state index < -0.39 is 62.0 Å². The van der Waals surface area contributed by atoms with Gasteiger partial charge in [0, 0.05) is 23.7 Å². The second kappa shape index (κ2) is 10.4. The van der Waals surface area contributed by atoms with Gasteiger partial charge < -0.3 is 14.2 Å². The molecule has 6 atom stereocenters. The lowest BCUT2D eigenvalue weighted by molar-refractivity contribution is -0.0660. The van der Waals surface area contributed by atoms with Crippen molar-refractivity contribution in [2.45, 2.75) is 43.6 Å². The summed E-state index contributed by atoms with van der Waals surface area (Å²) in [5, 5.41) is 0.464. The number of phosphoric acid groups is 1. The van der Waals surface area contributed by atoms with Crippen molar-refractivity contribution in [3.05, 3.63) is 68.0 Å². The molecule has 2 aromatic rings. The quantitative estimate of drug-likeness (QED) is 0.422. The van der Waals surface area contributed by atoms with Crippen LogP contribution in [0.5, 0.6) is 0 Å². The smallest absolute Gasteiger partial charge is 0.438 e. The van der Waals surface area contributed by atoms with Crippen LogP contribution in [-0.2, 0) is 32.3 Å². The van der Waals surface area contributed by atoms with Gasteiger partial charge in [0.05, 0.1) is 26.4 Å². The van der Waals surface area contributed by atoms with Gasteiger partial charge in [0.25, 0.3) is 5.56 Å². The van der Waals surface area contributed by atoms with Crippen LogP contribution in [-0.4, -0.2) is 53.9 Å². The Morgan fingerprint density at radius 2 is 2.14 bits per heavy atom. The summed E-state index contributed by atoms with van der Waals surface area (Å²) in [6, 6.07) is 7.79. The van der Waals surface area contributed by atoms with E-state index >= 15 is 4.39 Å². The molecular formula is C21H23ClFN2O10P. The summed E-state index contributed by atoms with van der Waals surface area (Å²) in [6.45, 7) is 0.474. The number of nitrogens with one attached hydrogen (secondary N) is 1. The third-order valence-corrected chi connectivity index (χ3v) is 7.39. The molecule has 1 unspecified atom stereocenters. The molecule has 0 bridgehead atoms. The third-order valence-electron chi connectivity index (χ3n) is 5.68. The number of carbonyl (C=O) groups excluding carboxylic acids is 1. The molecule has 15 heteroatoms. The Balaban J connectivity index is 1.54. The zero-order valence-corrected chi connectivity index (χ0v) is 20.8. The van der Waals surface area contributed by atoms with Gasteiger partial charge in [-0.3, -0.25) is 27.9 Å². The molecule has 0 radical (unpaired) electrons. The number of rotatable bonds is 6. The SMILES string of the molecule is COC(=O)O[C@@H]1[C@@H](COP2(=O)OCC[C@@H](c3cccc(Cl)c3)O2)O[C@@H](n2ccc(=O)[nH]c2=O)[C@]1(C)F. The van der Waals surface area contributed by atoms with Crippen LogP contribution in [0.15, 0.2) is 46.1 Å². The Labute approximate surface area is 208 Å². The van der Waals surface area contributed by atoms with Crippen LogP contribution in [0, 0.1) is 0 Å². The Morgan fingerprint density at radius 1 is 1.36 bits per heavy atom. The number of hydrogen-bond acceptors (Lipinski definition) is 10. The van der Waals surface area contributed by atoms with Crippen molar-refractivity contribution in [3.8, 4) is 0 Å². The first-order valence-corrected chi connectivity index (χ1v) is 12.6. The predicted molar refractivity (Wildman–Crippen MR) is 121 cm³/mol. The number of methoxy groups -OCH3 is 1. The number of carbonyl (C=O) groups is 1. The number of ether oxygens (including phenoxy) is 3. The van der Waals surface area contributed by atoms with E-state index in [-0.39, 0.29) is 6.61 Å². The van der Waals surface area contributed by atoms with Crippen molar-refractivity contribution in [3.63, 3.8) is 0 Å². The van der Waals surface area contributed by atoms with Crippen molar-refractivity contribution in [2.24, 2.45) is 0 Å². The van der Waals surface area contributed by atoms with Crippen molar-refractivity contribution in [2.75, 3.05) is 20.3 Å². The van der Waals surface area contributed by atoms with Gasteiger partial charge in [-0.15, -0.1) is 0 Å². The second-order valence-corrected chi connectivity index (χ2v) is 10.3. The summed E-state index contributed by atoms with van der Waals surface area (Å²) in [4.78, 5) is 37.5. The van der Waals surface area contributed by atoms with Gasteiger partial charge in [0.15, 0.2) is 18.0 Å². The molecule has 2 fully saturated rings. The van der Waals surface area contributed by atoms with Crippen molar-refractivity contribution in [1.82, 2.24) is 9.55 Å². The molecule has 1 N–H and O–H groups in total. The topological polar surface area (TPSA) is 144 Å². The molecule has 3 heterocycles. The number of halogens is 2. The van der Waals surface area contributed by atoms with Crippen LogP contribution in [0.2, 0.25) is 5.02 Å². The van der Waals surface area contributed by atoms with Gasteiger partial charge in [-0.1, -0.05) is 23.7 Å².